The monoisotopic (exact) mass is 198 g/mol. The number of hydrogen-bond donors (Lipinski definition) is 3. The van der Waals surface area contributed by atoms with E-state index in [1.165, 1.54) is 0 Å². The molecule has 0 bridgehead atoms. The Morgan fingerprint density at radius 2 is 2.14 bits per heavy atom. The fourth-order valence-electron chi connectivity index (χ4n) is 0.807. The van der Waals surface area contributed by atoms with Crippen LogP contribution in [0.4, 0.5) is 11.9 Å². The van der Waals surface area contributed by atoms with Crippen LogP contribution in [0.5, 0.6) is 0 Å². The van der Waals surface area contributed by atoms with Crippen molar-refractivity contribution in [1.82, 2.24) is 20.1 Å². The van der Waals surface area contributed by atoms with Crippen molar-refractivity contribution in [2.75, 3.05) is 31.7 Å². The number of nitrogens with two attached hydrogens (primary N) is 1. The van der Waals surface area contributed by atoms with Gasteiger partial charge in [-0.2, -0.15) is 4.98 Å². The van der Waals surface area contributed by atoms with E-state index in [0.29, 0.717) is 11.9 Å². The SMILES string of the molecule is CN(C)C(C)(C)CNc1n[nH]c(N)n1. The van der Waals surface area contributed by atoms with E-state index in [1.54, 1.807) is 0 Å². The van der Waals surface area contributed by atoms with E-state index in [-0.39, 0.29) is 5.54 Å². The lowest BCUT2D eigenvalue weighted by molar-refractivity contribution is 0.210. The van der Waals surface area contributed by atoms with Gasteiger partial charge < -0.3 is 16.0 Å². The molecule has 0 unspecified atom stereocenters. The molecule has 0 saturated carbocycles. The van der Waals surface area contributed by atoms with Crippen molar-refractivity contribution in [3.05, 3.63) is 0 Å². The number of likely N-dealkylation sites (N-methyl/N-ethyl adjacent to an activating group) is 1. The maximum absolute atomic E-state index is 5.40. The topological polar surface area (TPSA) is 82.9 Å². The van der Waals surface area contributed by atoms with Crippen LogP contribution in [0.3, 0.4) is 0 Å². The number of H-pyrrole nitrogens is 1. The Morgan fingerprint density at radius 3 is 2.57 bits per heavy atom. The standard InChI is InChI=1S/C8H18N6/c1-8(2,14(3)4)5-10-7-11-6(9)12-13-7/h5H2,1-4H3,(H4,9,10,11,12,13). The smallest absolute Gasteiger partial charge is 0.243 e. The van der Waals surface area contributed by atoms with Gasteiger partial charge >= 0.3 is 0 Å². The van der Waals surface area contributed by atoms with Gasteiger partial charge in [0.05, 0.1) is 0 Å². The minimum Gasteiger partial charge on any atom is -0.368 e. The minimum absolute atomic E-state index is 0.0510. The van der Waals surface area contributed by atoms with E-state index in [1.807, 2.05) is 14.1 Å². The molecule has 80 valence electrons. The van der Waals surface area contributed by atoms with Crippen molar-refractivity contribution in [3.8, 4) is 0 Å². The van der Waals surface area contributed by atoms with Crippen molar-refractivity contribution in [2.45, 2.75) is 19.4 Å². The first kappa shape index (κ1) is 10.8. The fraction of sp³-hybridized carbons (Fsp3) is 0.750. The summed E-state index contributed by atoms with van der Waals surface area (Å²) < 4.78 is 0. The molecule has 0 fully saturated rings. The molecule has 0 saturated heterocycles. The van der Waals surface area contributed by atoms with Crippen LogP contribution in [-0.2, 0) is 0 Å². The highest BCUT2D eigenvalue weighted by molar-refractivity contribution is 5.30. The van der Waals surface area contributed by atoms with E-state index in [4.69, 9.17) is 5.73 Å². The number of anilines is 2. The number of rotatable bonds is 4. The molecule has 0 spiro atoms. The molecule has 0 aliphatic carbocycles. The Balaban J connectivity index is 2.48. The summed E-state index contributed by atoms with van der Waals surface area (Å²) in [6, 6.07) is 0. The molecule has 14 heavy (non-hydrogen) atoms. The number of nitrogen functional groups attached to an aromatic ring is 1. The van der Waals surface area contributed by atoms with Crippen molar-refractivity contribution >= 4 is 11.9 Å². The van der Waals surface area contributed by atoms with Crippen molar-refractivity contribution in [3.63, 3.8) is 0 Å². The average Bonchev–Trinajstić information content (AvgIpc) is 2.48. The molecule has 0 aromatic carbocycles. The van der Waals surface area contributed by atoms with Crippen molar-refractivity contribution in [2.24, 2.45) is 0 Å². The van der Waals surface area contributed by atoms with Gasteiger partial charge in [-0.1, -0.05) is 0 Å². The molecule has 4 N–H and O–H groups in total. The second-order valence-electron chi connectivity index (χ2n) is 4.10. The Labute approximate surface area is 83.9 Å². The molecular formula is C8H18N6. The van der Waals surface area contributed by atoms with Crippen LogP contribution in [0, 0.1) is 0 Å². The summed E-state index contributed by atoms with van der Waals surface area (Å²) in [5.41, 5.74) is 5.45. The predicted molar refractivity (Wildman–Crippen MR) is 57.1 cm³/mol. The zero-order valence-corrected chi connectivity index (χ0v) is 9.13. The second-order valence-corrected chi connectivity index (χ2v) is 4.10. The van der Waals surface area contributed by atoms with E-state index in [2.05, 4.69) is 39.2 Å². The van der Waals surface area contributed by atoms with Crippen LogP contribution in [0.1, 0.15) is 13.8 Å². The van der Waals surface area contributed by atoms with Gasteiger partial charge in [0.2, 0.25) is 11.9 Å². The molecular weight excluding hydrogens is 180 g/mol. The first-order valence-corrected chi connectivity index (χ1v) is 4.51. The second kappa shape index (κ2) is 3.83. The van der Waals surface area contributed by atoms with Crippen molar-refractivity contribution in [1.29, 1.82) is 0 Å². The van der Waals surface area contributed by atoms with Crippen LogP contribution in [-0.4, -0.2) is 46.3 Å². The molecule has 0 radical (unpaired) electrons. The third-order valence-electron chi connectivity index (χ3n) is 2.39. The van der Waals surface area contributed by atoms with Gasteiger partial charge in [0.1, 0.15) is 0 Å². The van der Waals surface area contributed by atoms with Gasteiger partial charge in [-0.25, -0.2) is 5.10 Å². The quantitative estimate of drug-likeness (QED) is 0.641. The summed E-state index contributed by atoms with van der Waals surface area (Å²) in [6.45, 7) is 5.03. The summed E-state index contributed by atoms with van der Waals surface area (Å²) in [4.78, 5) is 6.09. The number of nitrogens with zero attached hydrogens (tertiary/aromatic N) is 3. The maximum atomic E-state index is 5.40. The lowest BCUT2D eigenvalue weighted by Gasteiger charge is -2.32. The lowest BCUT2D eigenvalue weighted by Crippen LogP contribution is -2.44. The van der Waals surface area contributed by atoms with Crippen LogP contribution < -0.4 is 11.1 Å². The van der Waals surface area contributed by atoms with E-state index >= 15 is 0 Å². The summed E-state index contributed by atoms with van der Waals surface area (Å²) >= 11 is 0. The highest BCUT2D eigenvalue weighted by Crippen LogP contribution is 2.10. The summed E-state index contributed by atoms with van der Waals surface area (Å²) in [5.74, 6) is 0.868. The number of nitrogens with one attached hydrogen (secondary N) is 2. The fourth-order valence-corrected chi connectivity index (χ4v) is 0.807. The van der Waals surface area contributed by atoms with Crippen LogP contribution in [0.15, 0.2) is 0 Å². The number of aromatic amines is 1. The molecule has 1 rings (SSSR count). The van der Waals surface area contributed by atoms with Gasteiger partial charge in [-0.15, -0.1) is 5.10 Å². The summed E-state index contributed by atoms with van der Waals surface area (Å²) in [6.07, 6.45) is 0. The Morgan fingerprint density at radius 1 is 1.50 bits per heavy atom. The Bertz CT molecular complexity index is 290. The molecule has 6 heteroatoms. The first-order chi connectivity index (χ1) is 6.42. The van der Waals surface area contributed by atoms with Gasteiger partial charge in [0.25, 0.3) is 0 Å². The summed E-state index contributed by atoms with van der Waals surface area (Å²) in [7, 11) is 4.07. The highest BCUT2D eigenvalue weighted by atomic mass is 15.3. The molecule has 1 aromatic rings. The average molecular weight is 198 g/mol. The van der Waals surface area contributed by atoms with Gasteiger partial charge in [-0.3, -0.25) is 0 Å². The van der Waals surface area contributed by atoms with Crippen LogP contribution >= 0.6 is 0 Å². The molecule has 0 aliphatic heterocycles. The van der Waals surface area contributed by atoms with E-state index < -0.39 is 0 Å². The molecule has 0 aliphatic rings. The van der Waals surface area contributed by atoms with Crippen molar-refractivity contribution < 1.29 is 0 Å². The number of hydrogen-bond acceptors (Lipinski definition) is 5. The largest absolute Gasteiger partial charge is 0.368 e. The highest BCUT2D eigenvalue weighted by Gasteiger charge is 2.20. The molecule has 0 atom stereocenters. The molecule has 1 aromatic heterocycles. The summed E-state index contributed by atoms with van der Waals surface area (Å²) in [5, 5.41) is 9.57. The predicted octanol–water partition coefficient (Wildman–Crippen LogP) is 0.139. The Hall–Kier alpha value is -1.30. The molecule has 6 nitrogen and oxygen atoms in total. The van der Waals surface area contributed by atoms with Gasteiger partial charge in [-0.05, 0) is 27.9 Å². The zero-order chi connectivity index (χ0) is 10.8. The van der Waals surface area contributed by atoms with Gasteiger partial charge in [0.15, 0.2) is 0 Å². The van der Waals surface area contributed by atoms with Gasteiger partial charge in [0, 0.05) is 12.1 Å². The minimum atomic E-state index is 0.0510. The van der Waals surface area contributed by atoms with E-state index in [9.17, 15) is 0 Å². The zero-order valence-electron chi connectivity index (χ0n) is 9.13. The van der Waals surface area contributed by atoms with Crippen LogP contribution in [0.2, 0.25) is 0 Å². The normalized spacial score (nSPS) is 12.1. The first-order valence-electron chi connectivity index (χ1n) is 4.51. The maximum Gasteiger partial charge on any atom is 0.243 e. The third kappa shape index (κ3) is 2.59. The van der Waals surface area contributed by atoms with E-state index in [0.717, 1.165) is 6.54 Å². The third-order valence-corrected chi connectivity index (χ3v) is 2.39. The molecule has 1 heterocycles. The van der Waals surface area contributed by atoms with Crippen LogP contribution in [0.25, 0.3) is 0 Å². The Kier molecular flexibility index (Phi) is 2.95. The molecule has 0 amide bonds. The number of aromatic nitrogens is 3. The lowest BCUT2D eigenvalue weighted by atomic mass is 10.1.